The maximum absolute atomic E-state index is 13.7. The van der Waals surface area contributed by atoms with E-state index in [0.717, 1.165) is 6.07 Å². The second-order valence-corrected chi connectivity index (χ2v) is 8.57. The molecule has 1 fully saturated rings. The van der Waals surface area contributed by atoms with Crippen molar-refractivity contribution in [2.45, 2.75) is 26.9 Å². The molecule has 172 valence electrons. The molecule has 1 aliphatic rings. The lowest BCUT2D eigenvalue weighted by molar-refractivity contribution is -0.136. The lowest BCUT2D eigenvalue weighted by Gasteiger charge is -2.29. The fraction of sp³-hybridized carbons (Fsp3) is 0.391. The van der Waals surface area contributed by atoms with Crippen molar-refractivity contribution in [2.24, 2.45) is 5.41 Å². The summed E-state index contributed by atoms with van der Waals surface area (Å²) in [6, 6.07) is 9.91. The summed E-state index contributed by atoms with van der Waals surface area (Å²) < 4.78 is 46.4. The third kappa shape index (κ3) is 5.79. The van der Waals surface area contributed by atoms with Gasteiger partial charge in [0.1, 0.15) is 0 Å². The Labute approximate surface area is 184 Å². The van der Waals surface area contributed by atoms with Crippen LogP contribution in [0.15, 0.2) is 42.5 Å². The van der Waals surface area contributed by atoms with Gasteiger partial charge >= 0.3 is 6.18 Å². The highest BCUT2D eigenvalue weighted by Crippen LogP contribution is 2.37. The first-order valence-electron chi connectivity index (χ1n) is 10.2. The van der Waals surface area contributed by atoms with Crippen LogP contribution in [0, 0.1) is 5.41 Å². The molecular weight excluding hydrogens is 423 g/mol. The molecule has 0 aromatic heterocycles. The SMILES string of the molecule is CC(C)(C)C(=O)Nc1cccc(C(=O)Nc2ccc(N3CCOCC3)cc2C(F)(F)F)c1. The second-order valence-electron chi connectivity index (χ2n) is 8.57. The summed E-state index contributed by atoms with van der Waals surface area (Å²) in [5.74, 6) is -0.949. The molecule has 2 aromatic rings. The summed E-state index contributed by atoms with van der Waals surface area (Å²) in [5.41, 5.74) is -0.957. The number of halogens is 3. The average molecular weight is 449 g/mol. The average Bonchev–Trinajstić information content (AvgIpc) is 2.73. The zero-order valence-corrected chi connectivity index (χ0v) is 18.2. The number of hydrogen-bond donors (Lipinski definition) is 2. The first-order valence-corrected chi connectivity index (χ1v) is 10.2. The van der Waals surface area contributed by atoms with Crippen molar-refractivity contribution >= 4 is 28.9 Å². The monoisotopic (exact) mass is 449 g/mol. The van der Waals surface area contributed by atoms with Gasteiger partial charge in [0.2, 0.25) is 5.91 Å². The molecular formula is C23H26F3N3O3. The van der Waals surface area contributed by atoms with Gasteiger partial charge in [-0.1, -0.05) is 26.8 Å². The van der Waals surface area contributed by atoms with Gasteiger partial charge in [-0.05, 0) is 36.4 Å². The van der Waals surface area contributed by atoms with Gasteiger partial charge in [-0.25, -0.2) is 0 Å². The number of ether oxygens (including phenoxy) is 1. The molecule has 2 aromatic carbocycles. The predicted molar refractivity (Wildman–Crippen MR) is 117 cm³/mol. The number of alkyl halides is 3. The van der Waals surface area contributed by atoms with Crippen LogP contribution >= 0.6 is 0 Å². The number of nitrogens with zero attached hydrogens (tertiary/aromatic N) is 1. The standard InChI is InChI=1S/C23H26F3N3O3/c1-22(2,3)21(31)27-16-6-4-5-15(13-16)20(30)28-19-8-7-17(14-18(19)23(24,25)26)29-9-11-32-12-10-29/h4-8,13-14H,9-12H2,1-3H3,(H,27,31)(H,28,30). The summed E-state index contributed by atoms with van der Waals surface area (Å²) in [6.07, 6.45) is -4.65. The van der Waals surface area contributed by atoms with Gasteiger partial charge in [0.25, 0.3) is 5.91 Å². The van der Waals surface area contributed by atoms with Gasteiger partial charge in [-0.15, -0.1) is 0 Å². The molecule has 3 rings (SSSR count). The quantitative estimate of drug-likeness (QED) is 0.705. The van der Waals surface area contributed by atoms with E-state index in [0.29, 0.717) is 37.7 Å². The minimum atomic E-state index is -4.65. The number of morpholine rings is 1. The zero-order chi connectivity index (χ0) is 23.5. The van der Waals surface area contributed by atoms with Crippen molar-refractivity contribution in [1.82, 2.24) is 0 Å². The molecule has 0 spiro atoms. The molecule has 32 heavy (non-hydrogen) atoms. The van der Waals surface area contributed by atoms with Crippen LogP contribution in [-0.4, -0.2) is 38.1 Å². The molecule has 0 saturated carbocycles. The lowest BCUT2D eigenvalue weighted by Crippen LogP contribution is -2.36. The van der Waals surface area contributed by atoms with Crippen LogP contribution < -0.4 is 15.5 Å². The summed E-state index contributed by atoms with van der Waals surface area (Å²) >= 11 is 0. The molecule has 2 N–H and O–H groups in total. The Balaban J connectivity index is 1.82. The maximum Gasteiger partial charge on any atom is 0.418 e. The Morgan fingerprint density at radius 1 is 0.969 bits per heavy atom. The summed E-state index contributed by atoms with van der Waals surface area (Å²) in [6.45, 7) is 7.13. The molecule has 2 amide bonds. The summed E-state index contributed by atoms with van der Waals surface area (Å²) in [5, 5.41) is 5.07. The van der Waals surface area contributed by atoms with Gasteiger partial charge in [0.05, 0.1) is 24.5 Å². The minimum Gasteiger partial charge on any atom is -0.378 e. The van der Waals surface area contributed by atoms with E-state index in [9.17, 15) is 22.8 Å². The van der Waals surface area contributed by atoms with Crippen LogP contribution in [-0.2, 0) is 15.7 Å². The molecule has 1 saturated heterocycles. The molecule has 9 heteroatoms. The number of anilines is 3. The Hall–Kier alpha value is -3.07. The van der Waals surface area contributed by atoms with Crippen molar-refractivity contribution in [3.05, 3.63) is 53.6 Å². The second kappa shape index (κ2) is 9.20. The van der Waals surface area contributed by atoms with E-state index < -0.39 is 23.1 Å². The number of hydrogen-bond acceptors (Lipinski definition) is 4. The predicted octanol–water partition coefficient (Wildman–Crippen LogP) is 4.78. The topological polar surface area (TPSA) is 70.7 Å². The summed E-state index contributed by atoms with van der Waals surface area (Å²) in [7, 11) is 0. The summed E-state index contributed by atoms with van der Waals surface area (Å²) in [4.78, 5) is 26.7. The van der Waals surface area contributed by atoms with E-state index in [1.807, 2.05) is 4.90 Å². The smallest absolute Gasteiger partial charge is 0.378 e. The fourth-order valence-corrected chi connectivity index (χ4v) is 3.15. The van der Waals surface area contributed by atoms with Crippen molar-refractivity contribution < 1.29 is 27.5 Å². The van der Waals surface area contributed by atoms with E-state index in [1.54, 1.807) is 39.0 Å². The van der Waals surface area contributed by atoms with Gasteiger partial charge in [0.15, 0.2) is 0 Å². The largest absolute Gasteiger partial charge is 0.418 e. The normalized spacial score (nSPS) is 14.8. The first-order chi connectivity index (χ1) is 14.9. The van der Waals surface area contributed by atoms with E-state index in [-0.39, 0.29) is 17.2 Å². The van der Waals surface area contributed by atoms with Gasteiger partial charge < -0.3 is 20.3 Å². The van der Waals surface area contributed by atoms with Crippen molar-refractivity contribution in [3.8, 4) is 0 Å². The molecule has 1 heterocycles. The van der Waals surface area contributed by atoms with Crippen LogP contribution in [0.4, 0.5) is 30.2 Å². The molecule has 0 unspecified atom stereocenters. The molecule has 0 aliphatic carbocycles. The van der Waals surface area contributed by atoms with E-state index >= 15 is 0 Å². The van der Waals surface area contributed by atoms with Gasteiger partial charge in [-0.3, -0.25) is 9.59 Å². The van der Waals surface area contributed by atoms with Crippen LogP contribution in [0.1, 0.15) is 36.7 Å². The van der Waals surface area contributed by atoms with Crippen molar-refractivity contribution in [1.29, 1.82) is 0 Å². The number of nitrogens with one attached hydrogen (secondary N) is 2. The van der Waals surface area contributed by atoms with Crippen LogP contribution in [0.5, 0.6) is 0 Å². The van der Waals surface area contributed by atoms with Crippen molar-refractivity contribution in [2.75, 3.05) is 41.8 Å². The number of carbonyl (C=O) groups excluding carboxylic acids is 2. The van der Waals surface area contributed by atoms with E-state index in [2.05, 4.69) is 10.6 Å². The fourth-order valence-electron chi connectivity index (χ4n) is 3.15. The first kappa shape index (κ1) is 23.6. The Morgan fingerprint density at radius 2 is 1.66 bits per heavy atom. The highest BCUT2D eigenvalue weighted by molar-refractivity contribution is 6.06. The zero-order valence-electron chi connectivity index (χ0n) is 18.2. The molecule has 1 aliphatic heterocycles. The van der Waals surface area contributed by atoms with Crippen LogP contribution in [0.2, 0.25) is 0 Å². The molecule has 6 nitrogen and oxygen atoms in total. The van der Waals surface area contributed by atoms with Gasteiger partial charge in [-0.2, -0.15) is 13.2 Å². The van der Waals surface area contributed by atoms with Gasteiger partial charge in [0, 0.05) is 35.4 Å². The third-order valence-corrected chi connectivity index (χ3v) is 5.00. The van der Waals surface area contributed by atoms with Crippen LogP contribution in [0.3, 0.4) is 0 Å². The third-order valence-electron chi connectivity index (χ3n) is 5.00. The Bertz CT molecular complexity index is 994. The highest BCUT2D eigenvalue weighted by Gasteiger charge is 2.35. The maximum atomic E-state index is 13.7. The Morgan fingerprint density at radius 3 is 2.28 bits per heavy atom. The minimum absolute atomic E-state index is 0.127. The number of rotatable bonds is 4. The molecule has 0 bridgehead atoms. The number of carbonyl (C=O) groups is 2. The van der Waals surface area contributed by atoms with Crippen molar-refractivity contribution in [3.63, 3.8) is 0 Å². The van der Waals surface area contributed by atoms with Crippen LogP contribution in [0.25, 0.3) is 0 Å². The number of benzene rings is 2. The highest BCUT2D eigenvalue weighted by atomic mass is 19.4. The molecule has 0 atom stereocenters. The van der Waals surface area contributed by atoms with E-state index in [1.165, 1.54) is 18.2 Å². The lowest BCUT2D eigenvalue weighted by atomic mass is 9.95. The number of amides is 2. The van der Waals surface area contributed by atoms with E-state index in [4.69, 9.17) is 4.74 Å². The Kier molecular flexibility index (Phi) is 6.78. The molecule has 0 radical (unpaired) electrons.